The van der Waals surface area contributed by atoms with E-state index < -0.39 is 0 Å². The van der Waals surface area contributed by atoms with E-state index in [1.165, 1.54) is 6.33 Å². The van der Waals surface area contributed by atoms with Crippen LogP contribution in [0.2, 0.25) is 0 Å². The third-order valence-corrected chi connectivity index (χ3v) is 3.52. The second kappa shape index (κ2) is 4.77. The molecule has 9 heteroatoms. The number of aromatic nitrogens is 7. The van der Waals surface area contributed by atoms with Crippen LogP contribution in [-0.2, 0) is 7.05 Å². The summed E-state index contributed by atoms with van der Waals surface area (Å²) in [4.78, 5) is 8.23. The molecule has 114 valence electrons. The molecule has 1 aromatic carbocycles. The maximum Gasteiger partial charge on any atom is 0.163 e. The summed E-state index contributed by atoms with van der Waals surface area (Å²) >= 11 is 0. The molecule has 0 unspecified atom stereocenters. The van der Waals surface area contributed by atoms with Gasteiger partial charge in [0.2, 0.25) is 0 Å². The highest BCUT2D eigenvalue weighted by molar-refractivity contribution is 5.97. The Labute approximate surface area is 130 Å². The molecule has 0 spiro atoms. The molecule has 0 aliphatic carbocycles. The Morgan fingerprint density at radius 3 is 2.83 bits per heavy atom. The summed E-state index contributed by atoms with van der Waals surface area (Å²) in [6, 6.07) is 7.37. The van der Waals surface area contributed by atoms with E-state index in [4.69, 9.17) is 11.5 Å². The molecule has 3 aromatic heterocycles. The van der Waals surface area contributed by atoms with Gasteiger partial charge in [0.1, 0.15) is 23.5 Å². The van der Waals surface area contributed by atoms with Gasteiger partial charge in [-0.2, -0.15) is 5.10 Å². The Bertz CT molecular complexity index is 1010. The fourth-order valence-corrected chi connectivity index (χ4v) is 2.45. The summed E-state index contributed by atoms with van der Waals surface area (Å²) in [5, 5.41) is 13.4. The number of hydrogen-bond donors (Lipinski definition) is 2. The molecule has 4 N–H and O–H groups in total. The summed E-state index contributed by atoms with van der Waals surface area (Å²) in [6.45, 7) is 0. The topological polar surface area (TPSA) is 126 Å². The summed E-state index contributed by atoms with van der Waals surface area (Å²) in [7, 11) is 1.79. The number of hydrogen-bond acceptors (Lipinski definition) is 7. The van der Waals surface area contributed by atoms with E-state index in [2.05, 4.69) is 25.4 Å². The SMILES string of the molecule is Cn1nc(-c2cn(-c3cccc(N)c3)nn2)c2c(N)ncnc21. The molecule has 0 bridgehead atoms. The van der Waals surface area contributed by atoms with Crippen molar-refractivity contribution in [3.63, 3.8) is 0 Å². The Balaban J connectivity index is 1.87. The largest absolute Gasteiger partial charge is 0.399 e. The number of nitrogens with zero attached hydrogens (tertiary/aromatic N) is 7. The number of aryl methyl sites for hydroxylation is 1. The number of nitrogens with two attached hydrogens (primary N) is 2. The molecule has 0 amide bonds. The van der Waals surface area contributed by atoms with Crippen molar-refractivity contribution in [1.29, 1.82) is 0 Å². The van der Waals surface area contributed by atoms with Gasteiger partial charge in [-0.1, -0.05) is 11.3 Å². The molecule has 0 aliphatic heterocycles. The molecule has 0 saturated heterocycles. The van der Waals surface area contributed by atoms with Gasteiger partial charge in [0, 0.05) is 12.7 Å². The van der Waals surface area contributed by atoms with Gasteiger partial charge in [0.15, 0.2) is 5.65 Å². The number of fused-ring (bicyclic) bond motifs is 1. The zero-order valence-electron chi connectivity index (χ0n) is 12.2. The lowest BCUT2D eigenvalue weighted by atomic mass is 10.2. The van der Waals surface area contributed by atoms with Crippen molar-refractivity contribution in [3.8, 4) is 17.1 Å². The molecule has 0 fully saturated rings. The fraction of sp³-hybridized carbons (Fsp3) is 0.0714. The van der Waals surface area contributed by atoms with Crippen LogP contribution in [0.15, 0.2) is 36.8 Å². The number of rotatable bonds is 2. The van der Waals surface area contributed by atoms with E-state index in [9.17, 15) is 0 Å². The van der Waals surface area contributed by atoms with Crippen LogP contribution < -0.4 is 11.5 Å². The molecular weight excluding hydrogens is 294 g/mol. The molecule has 0 aliphatic rings. The lowest BCUT2D eigenvalue weighted by Crippen LogP contribution is -1.95. The van der Waals surface area contributed by atoms with E-state index in [-0.39, 0.29) is 0 Å². The third-order valence-electron chi connectivity index (χ3n) is 3.52. The van der Waals surface area contributed by atoms with Crippen molar-refractivity contribution in [3.05, 3.63) is 36.8 Å². The monoisotopic (exact) mass is 307 g/mol. The van der Waals surface area contributed by atoms with Crippen LogP contribution in [0.1, 0.15) is 0 Å². The van der Waals surface area contributed by atoms with E-state index >= 15 is 0 Å². The van der Waals surface area contributed by atoms with Crippen LogP contribution in [0, 0.1) is 0 Å². The first-order valence-electron chi connectivity index (χ1n) is 6.85. The lowest BCUT2D eigenvalue weighted by molar-refractivity contribution is 0.785. The van der Waals surface area contributed by atoms with Crippen molar-refractivity contribution in [2.75, 3.05) is 11.5 Å². The second-order valence-electron chi connectivity index (χ2n) is 5.07. The average molecular weight is 307 g/mol. The number of nitrogen functional groups attached to an aromatic ring is 2. The molecule has 4 rings (SSSR count). The molecule has 0 radical (unpaired) electrons. The predicted molar refractivity (Wildman–Crippen MR) is 85.5 cm³/mol. The third kappa shape index (κ3) is 2.06. The van der Waals surface area contributed by atoms with Crippen molar-refractivity contribution < 1.29 is 0 Å². The van der Waals surface area contributed by atoms with Crippen LogP contribution in [0.25, 0.3) is 28.1 Å². The first-order chi connectivity index (χ1) is 11.1. The average Bonchev–Trinajstić information content (AvgIpc) is 3.13. The molecule has 4 aromatic rings. The summed E-state index contributed by atoms with van der Waals surface area (Å²) in [6.07, 6.45) is 3.18. The Hall–Kier alpha value is -3.49. The van der Waals surface area contributed by atoms with E-state index in [1.807, 2.05) is 24.3 Å². The lowest BCUT2D eigenvalue weighted by Gasteiger charge is -2.00. The van der Waals surface area contributed by atoms with Gasteiger partial charge in [0.05, 0.1) is 17.3 Å². The van der Waals surface area contributed by atoms with Crippen molar-refractivity contribution in [1.82, 2.24) is 34.7 Å². The first kappa shape index (κ1) is 13.2. The molecule has 0 atom stereocenters. The van der Waals surface area contributed by atoms with Crippen LogP contribution in [0.5, 0.6) is 0 Å². The molecule has 23 heavy (non-hydrogen) atoms. The van der Waals surface area contributed by atoms with Gasteiger partial charge in [0.25, 0.3) is 0 Å². The van der Waals surface area contributed by atoms with E-state index in [0.717, 1.165) is 5.69 Å². The van der Waals surface area contributed by atoms with Crippen molar-refractivity contribution in [2.24, 2.45) is 7.05 Å². The van der Waals surface area contributed by atoms with Crippen molar-refractivity contribution >= 4 is 22.5 Å². The fourth-order valence-electron chi connectivity index (χ4n) is 2.45. The van der Waals surface area contributed by atoms with Gasteiger partial charge >= 0.3 is 0 Å². The van der Waals surface area contributed by atoms with Crippen molar-refractivity contribution in [2.45, 2.75) is 0 Å². The minimum absolute atomic E-state index is 0.358. The Morgan fingerprint density at radius 1 is 1.13 bits per heavy atom. The molecule has 0 saturated carbocycles. The van der Waals surface area contributed by atoms with Gasteiger partial charge < -0.3 is 11.5 Å². The normalized spacial score (nSPS) is 11.2. The molecule has 9 nitrogen and oxygen atoms in total. The highest BCUT2D eigenvalue weighted by atomic mass is 15.4. The van der Waals surface area contributed by atoms with Gasteiger partial charge in [-0.25, -0.2) is 19.3 Å². The Morgan fingerprint density at radius 2 is 2.00 bits per heavy atom. The quantitative estimate of drug-likeness (QED) is 0.524. The Kier molecular flexibility index (Phi) is 2.73. The maximum absolute atomic E-state index is 5.97. The zero-order chi connectivity index (χ0) is 16.0. The first-order valence-corrected chi connectivity index (χ1v) is 6.85. The van der Waals surface area contributed by atoms with Crippen LogP contribution in [0.4, 0.5) is 11.5 Å². The number of benzene rings is 1. The van der Waals surface area contributed by atoms with Gasteiger partial charge in [-0.15, -0.1) is 5.10 Å². The smallest absolute Gasteiger partial charge is 0.163 e. The van der Waals surface area contributed by atoms with E-state index in [0.29, 0.717) is 33.9 Å². The van der Waals surface area contributed by atoms with Crippen LogP contribution >= 0.6 is 0 Å². The minimum atomic E-state index is 0.358. The maximum atomic E-state index is 5.97. The zero-order valence-corrected chi connectivity index (χ0v) is 12.2. The summed E-state index contributed by atoms with van der Waals surface area (Å²) in [5.74, 6) is 0.358. The minimum Gasteiger partial charge on any atom is -0.399 e. The molecule has 3 heterocycles. The van der Waals surface area contributed by atoms with Gasteiger partial charge in [-0.3, -0.25) is 0 Å². The number of anilines is 2. The summed E-state index contributed by atoms with van der Waals surface area (Å²) < 4.78 is 3.27. The second-order valence-corrected chi connectivity index (χ2v) is 5.07. The highest BCUT2D eigenvalue weighted by Gasteiger charge is 2.18. The van der Waals surface area contributed by atoms with Gasteiger partial charge in [-0.05, 0) is 18.2 Å². The van der Waals surface area contributed by atoms with Crippen LogP contribution in [-0.4, -0.2) is 34.7 Å². The van der Waals surface area contributed by atoms with Crippen LogP contribution in [0.3, 0.4) is 0 Å². The molecular formula is C14H13N9. The van der Waals surface area contributed by atoms with E-state index in [1.54, 1.807) is 22.6 Å². The standard InChI is InChI=1S/C14H13N9/c1-22-14-11(13(16)17-7-18-14)12(20-22)10-6-23(21-19-10)9-4-2-3-8(15)5-9/h2-7H,15H2,1H3,(H2,16,17,18). The summed E-state index contributed by atoms with van der Waals surface area (Å²) in [5.41, 5.74) is 15.1. The highest BCUT2D eigenvalue weighted by Crippen LogP contribution is 2.28. The predicted octanol–water partition coefficient (Wildman–Crippen LogP) is 0.775.